The van der Waals surface area contributed by atoms with E-state index in [4.69, 9.17) is 4.42 Å². The Bertz CT molecular complexity index is 597. The van der Waals surface area contributed by atoms with E-state index in [1.165, 1.54) is 25.7 Å². The van der Waals surface area contributed by atoms with Crippen LogP contribution in [0.25, 0.3) is 11.1 Å². The highest BCUT2D eigenvalue weighted by Gasteiger charge is 2.16. The Balaban J connectivity index is 1.69. The smallest absolute Gasteiger partial charge is 0.192 e. The number of ketones is 1. The second kappa shape index (κ2) is 5.13. The fraction of sp³-hybridized carbons (Fsp3) is 0.467. The lowest BCUT2D eigenvalue weighted by atomic mass is 10.1. The molecule has 1 N–H and O–H groups in total. The number of nitrogens with one attached hydrogen (secondary N) is 1. The van der Waals surface area contributed by atoms with Crippen LogP contribution in [0.2, 0.25) is 0 Å². The molecular formula is C15H18N2O2. The lowest BCUT2D eigenvalue weighted by molar-refractivity contribution is 0.0987. The number of nitrogens with zero attached hydrogens (tertiary/aromatic N) is 1. The molecule has 3 rings (SSSR count). The van der Waals surface area contributed by atoms with Gasteiger partial charge < -0.3 is 9.73 Å². The molecule has 4 heteroatoms. The van der Waals surface area contributed by atoms with Crippen LogP contribution in [0.15, 0.2) is 22.6 Å². The third kappa shape index (κ3) is 2.68. The molecule has 0 unspecified atom stereocenters. The molecule has 1 heterocycles. The largest absolute Gasteiger partial charge is 0.441 e. The van der Waals surface area contributed by atoms with E-state index in [1.807, 2.05) is 25.1 Å². The van der Waals surface area contributed by atoms with Crippen LogP contribution in [0.1, 0.15) is 41.9 Å². The van der Waals surface area contributed by atoms with Crippen LogP contribution in [0.4, 0.5) is 0 Å². The lowest BCUT2D eigenvalue weighted by Crippen LogP contribution is -2.31. The molecule has 1 aromatic carbocycles. The van der Waals surface area contributed by atoms with Crippen molar-refractivity contribution < 1.29 is 9.21 Å². The number of benzene rings is 1. The summed E-state index contributed by atoms with van der Waals surface area (Å²) in [6.07, 6.45) is 4.93. The van der Waals surface area contributed by atoms with E-state index in [0.29, 0.717) is 24.0 Å². The van der Waals surface area contributed by atoms with Gasteiger partial charge in [-0.15, -0.1) is 0 Å². The van der Waals surface area contributed by atoms with Crippen molar-refractivity contribution >= 4 is 16.9 Å². The van der Waals surface area contributed by atoms with Gasteiger partial charge in [0.05, 0.1) is 6.54 Å². The SMILES string of the molecule is Cc1nc2cc(C(=O)CNC3CCCC3)ccc2o1. The van der Waals surface area contributed by atoms with E-state index < -0.39 is 0 Å². The van der Waals surface area contributed by atoms with E-state index in [2.05, 4.69) is 10.3 Å². The molecular weight excluding hydrogens is 240 g/mol. The molecule has 0 aliphatic heterocycles. The number of rotatable bonds is 4. The normalized spacial score (nSPS) is 16.3. The van der Waals surface area contributed by atoms with Crippen LogP contribution in [0.5, 0.6) is 0 Å². The fourth-order valence-corrected chi connectivity index (χ4v) is 2.69. The molecule has 4 nitrogen and oxygen atoms in total. The van der Waals surface area contributed by atoms with Gasteiger partial charge in [0.2, 0.25) is 0 Å². The summed E-state index contributed by atoms with van der Waals surface area (Å²) in [5.74, 6) is 0.748. The number of carbonyl (C=O) groups is 1. The zero-order chi connectivity index (χ0) is 13.2. The van der Waals surface area contributed by atoms with Crippen molar-refractivity contribution in [3.05, 3.63) is 29.7 Å². The molecule has 2 aromatic rings. The van der Waals surface area contributed by atoms with Crippen LogP contribution >= 0.6 is 0 Å². The van der Waals surface area contributed by atoms with E-state index in [9.17, 15) is 4.79 Å². The van der Waals surface area contributed by atoms with E-state index >= 15 is 0 Å². The minimum absolute atomic E-state index is 0.120. The molecule has 19 heavy (non-hydrogen) atoms. The highest BCUT2D eigenvalue weighted by molar-refractivity contribution is 6.00. The molecule has 1 saturated carbocycles. The second-order valence-corrected chi connectivity index (χ2v) is 5.20. The van der Waals surface area contributed by atoms with E-state index in [1.54, 1.807) is 0 Å². The van der Waals surface area contributed by atoms with Crippen LogP contribution in [0.3, 0.4) is 0 Å². The van der Waals surface area contributed by atoms with Crippen molar-refractivity contribution in [1.29, 1.82) is 0 Å². The first-order valence-electron chi connectivity index (χ1n) is 6.86. The Hall–Kier alpha value is -1.68. The van der Waals surface area contributed by atoms with Gasteiger partial charge in [-0.2, -0.15) is 0 Å². The van der Waals surface area contributed by atoms with Crippen molar-refractivity contribution in [3.63, 3.8) is 0 Å². The van der Waals surface area contributed by atoms with E-state index in [0.717, 1.165) is 11.1 Å². The Morgan fingerprint density at radius 3 is 3.00 bits per heavy atom. The predicted molar refractivity (Wildman–Crippen MR) is 73.3 cm³/mol. The lowest BCUT2D eigenvalue weighted by Gasteiger charge is -2.10. The minimum Gasteiger partial charge on any atom is -0.441 e. The standard InChI is InChI=1S/C15H18N2O2/c1-10-17-13-8-11(6-7-15(13)19-10)14(18)9-16-12-4-2-3-5-12/h6-8,12,16H,2-5,9H2,1H3. The van der Waals surface area contributed by atoms with Gasteiger partial charge in [0.15, 0.2) is 17.3 Å². The first kappa shape index (κ1) is 12.4. The zero-order valence-corrected chi connectivity index (χ0v) is 11.1. The Labute approximate surface area is 112 Å². The summed E-state index contributed by atoms with van der Waals surface area (Å²) in [5, 5.41) is 3.34. The van der Waals surface area contributed by atoms with Gasteiger partial charge >= 0.3 is 0 Å². The summed E-state index contributed by atoms with van der Waals surface area (Å²) in [6.45, 7) is 2.22. The quantitative estimate of drug-likeness (QED) is 0.857. The molecule has 1 fully saturated rings. The molecule has 0 bridgehead atoms. The molecule has 100 valence electrons. The molecule has 1 aliphatic carbocycles. The number of oxazole rings is 1. The zero-order valence-electron chi connectivity index (χ0n) is 11.1. The first-order chi connectivity index (χ1) is 9.22. The average Bonchev–Trinajstić information content (AvgIpc) is 3.02. The molecule has 0 saturated heterocycles. The van der Waals surface area contributed by atoms with Gasteiger partial charge in [-0.25, -0.2) is 4.98 Å². The number of Topliss-reactive ketones (excluding diaryl/α,β-unsaturated/α-hetero) is 1. The summed E-state index contributed by atoms with van der Waals surface area (Å²) >= 11 is 0. The molecule has 0 spiro atoms. The first-order valence-corrected chi connectivity index (χ1v) is 6.86. The minimum atomic E-state index is 0.120. The Morgan fingerprint density at radius 1 is 1.42 bits per heavy atom. The Kier molecular flexibility index (Phi) is 3.34. The summed E-state index contributed by atoms with van der Waals surface area (Å²) in [6, 6.07) is 5.95. The maximum atomic E-state index is 12.1. The third-order valence-electron chi connectivity index (χ3n) is 3.72. The molecule has 1 aliphatic rings. The molecule has 0 radical (unpaired) electrons. The summed E-state index contributed by atoms with van der Waals surface area (Å²) < 4.78 is 5.41. The predicted octanol–water partition coefficient (Wildman–Crippen LogP) is 2.85. The number of carbonyl (C=O) groups excluding carboxylic acids is 1. The van der Waals surface area contributed by atoms with Crippen molar-refractivity contribution in [2.45, 2.75) is 38.6 Å². The van der Waals surface area contributed by atoms with Crippen LogP contribution in [0, 0.1) is 6.92 Å². The van der Waals surface area contributed by atoms with Crippen molar-refractivity contribution in [3.8, 4) is 0 Å². The van der Waals surface area contributed by atoms with Gasteiger partial charge in [-0.1, -0.05) is 12.8 Å². The van der Waals surface area contributed by atoms with Gasteiger partial charge in [-0.3, -0.25) is 4.79 Å². The molecule has 0 atom stereocenters. The number of aromatic nitrogens is 1. The fourth-order valence-electron chi connectivity index (χ4n) is 2.69. The van der Waals surface area contributed by atoms with Gasteiger partial charge in [0.1, 0.15) is 5.52 Å². The van der Waals surface area contributed by atoms with Crippen LogP contribution in [-0.2, 0) is 0 Å². The topological polar surface area (TPSA) is 55.1 Å². The highest BCUT2D eigenvalue weighted by Crippen LogP contribution is 2.19. The summed E-state index contributed by atoms with van der Waals surface area (Å²) in [4.78, 5) is 16.4. The summed E-state index contributed by atoms with van der Waals surface area (Å²) in [5.41, 5.74) is 2.19. The molecule has 0 amide bonds. The maximum absolute atomic E-state index is 12.1. The monoisotopic (exact) mass is 258 g/mol. The van der Waals surface area contributed by atoms with Crippen molar-refractivity contribution in [1.82, 2.24) is 10.3 Å². The van der Waals surface area contributed by atoms with Gasteiger partial charge in [0, 0.05) is 18.5 Å². The molecule has 1 aromatic heterocycles. The van der Waals surface area contributed by atoms with Crippen LogP contribution in [-0.4, -0.2) is 23.4 Å². The number of fused-ring (bicyclic) bond motifs is 1. The Morgan fingerprint density at radius 2 is 2.21 bits per heavy atom. The van der Waals surface area contributed by atoms with E-state index in [-0.39, 0.29) is 5.78 Å². The second-order valence-electron chi connectivity index (χ2n) is 5.20. The number of aryl methyl sites for hydroxylation is 1. The average molecular weight is 258 g/mol. The number of hydrogen-bond acceptors (Lipinski definition) is 4. The van der Waals surface area contributed by atoms with Crippen molar-refractivity contribution in [2.24, 2.45) is 0 Å². The summed E-state index contributed by atoms with van der Waals surface area (Å²) in [7, 11) is 0. The van der Waals surface area contributed by atoms with Crippen LogP contribution < -0.4 is 5.32 Å². The van der Waals surface area contributed by atoms with Gasteiger partial charge in [-0.05, 0) is 31.0 Å². The van der Waals surface area contributed by atoms with Gasteiger partial charge in [0.25, 0.3) is 0 Å². The number of hydrogen-bond donors (Lipinski definition) is 1. The maximum Gasteiger partial charge on any atom is 0.192 e. The highest BCUT2D eigenvalue weighted by atomic mass is 16.3. The van der Waals surface area contributed by atoms with Crippen molar-refractivity contribution in [2.75, 3.05) is 6.54 Å². The third-order valence-corrected chi connectivity index (χ3v) is 3.72.